The summed E-state index contributed by atoms with van der Waals surface area (Å²) in [4.78, 5) is 10.2. The summed E-state index contributed by atoms with van der Waals surface area (Å²) in [5, 5.41) is 0.503. The average molecular weight is 197 g/mol. The first kappa shape index (κ1) is 8.91. The van der Waals surface area contributed by atoms with Crippen LogP contribution in [0.3, 0.4) is 0 Å². The van der Waals surface area contributed by atoms with Crippen molar-refractivity contribution in [3.63, 3.8) is 0 Å². The first-order valence-electron chi connectivity index (χ1n) is 2.46. The van der Waals surface area contributed by atoms with Gasteiger partial charge in [0.2, 0.25) is 6.29 Å². The zero-order chi connectivity index (χ0) is 7.28. The Morgan fingerprint density at radius 3 is 2.44 bits per heavy atom. The van der Waals surface area contributed by atoms with Gasteiger partial charge in [0.1, 0.15) is 0 Å². The zero-order valence-corrected chi connectivity index (χ0v) is 6.97. The van der Waals surface area contributed by atoms with Crippen molar-refractivity contribution in [3.8, 4) is 0 Å². The second-order valence-corrected chi connectivity index (χ2v) is 2.08. The van der Waals surface area contributed by atoms with Crippen molar-refractivity contribution in [3.05, 3.63) is 0 Å². The summed E-state index contributed by atoms with van der Waals surface area (Å²) < 4.78 is 9.36. The number of methoxy groups -OCH3 is 1. The van der Waals surface area contributed by atoms with E-state index in [1.807, 2.05) is 0 Å². The third kappa shape index (κ3) is 4.42. The van der Waals surface area contributed by atoms with E-state index in [1.165, 1.54) is 14.0 Å². The summed E-state index contributed by atoms with van der Waals surface area (Å²) in [6, 6.07) is 0. The predicted molar refractivity (Wildman–Crippen MR) is 36.4 cm³/mol. The molecule has 0 bridgehead atoms. The van der Waals surface area contributed by atoms with E-state index in [-0.39, 0.29) is 5.97 Å². The molecule has 0 aliphatic carbocycles. The molecule has 54 valence electrons. The molecule has 0 heterocycles. The van der Waals surface area contributed by atoms with E-state index in [2.05, 4.69) is 20.7 Å². The molecule has 0 saturated heterocycles. The quantitative estimate of drug-likeness (QED) is 0.383. The molecule has 0 radical (unpaired) electrons. The van der Waals surface area contributed by atoms with Crippen molar-refractivity contribution < 1.29 is 14.3 Å². The molecule has 3 nitrogen and oxygen atoms in total. The van der Waals surface area contributed by atoms with Crippen LogP contribution in [0.15, 0.2) is 0 Å². The molecule has 0 fully saturated rings. The highest BCUT2D eigenvalue weighted by atomic mass is 79.9. The number of carbonyl (C=O) groups is 1. The lowest BCUT2D eigenvalue weighted by Crippen LogP contribution is -2.19. The van der Waals surface area contributed by atoms with Gasteiger partial charge >= 0.3 is 5.97 Å². The van der Waals surface area contributed by atoms with Crippen molar-refractivity contribution in [2.75, 3.05) is 12.4 Å². The van der Waals surface area contributed by atoms with E-state index in [1.54, 1.807) is 0 Å². The number of carbonyl (C=O) groups excluding carboxylic acids is 1. The minimum absolute atomic E-state index is 0.332. The van der Waals surface area contributed by atoms with Crippen molar-refractivity contribution in [2.45, 2.75) is 13.2 Å². The van der Waals surface area contributed by atoms with E-state index in [0.29, 0.717) is 5.33 Å². The Kier molecular flexibility index (Phi) is 4.71. The van der Waals surface area contributed by atoms with Crippen LogP contribution in [0.4, 0.5) is 0 Å². The van der Waals surface area contributed by atoms with E-state index in [4.69, 9.17) is 4.74 Å². The Morgan fingerprint density at radius 2 is 2.33 bits per heavy atom. The molecule has 0 saturated carbocycles. The van der Waals surface area contributed by atoms with Gasteiger partial charge in [0, 0.05) is 14.0 Å². The summed E-state index contributed by atoms with van der Waals surface area (Å²) in [5.74, 6) is -0.332. The number of alkyl halides is 1. The summed E-state index contributed by atoms with van der Waals surface area (Å²) in [7, 11) is 1.48. The second-order valence-electron chi connectivity index (χ2n) is 1.43. The van der Waals surface area contributed by atoms with E-state index in [0.717, 1.165) is 0 Å². The maximum absolute atomic E-state index is 10.2. The van der Waals surface area contributed by atoms with Crippen LogP contribution in [0.5, 0.6) is 0 Å². The fourth-order valence-corrected chi connectivity index (χ4v) is 0.724. The minimum atomic E-state index is -0.456. The first-order chi connectivity index (χ1) is 4.20. The molecule has 0 aromatic carbocycles. The predicted octanol–water partition coefficient (Wildman–Crippen LogP) is 0.917. The maximum atomic E-state index is 10.2. The van der Waals surface area contributed by atoms with Gasteiger partial charge in [-0.2, -0.15) is 0 Å². The summed E-state index contributed by atoms with van der Waals surface area (Å²) in [6.07, 6.45) is -0.456. The number of esters is 1. The lowest BCUT2D eigenvalue weighted by atomic mass is 10.7. The molecule has 0 aliphatic rings. The fraction of sp³-hybridized carbons (Fsp3) is 0.800. The lowest BCUT2D eigenvalue weighted by Gasteiger charge is -2.10. The zero-order valence-electron chi connectivity index (χ0n) is 5.39. The number of hydrogen-bond donors (Lipinski definition) is 0. The molecule has 4 heteroatoms. The molecule has 0 rings (SSSR count). The first-order valence-corrected chi connectivity index (χ1v) is 3.58. The highest BCUT2D eigenvalue weighted by Gasteiger charge is 2.06. The lowest BCUT2D eigenvalue weighted by molar-refractivity contribution is -0.165. The number of rotatable bonds is 3. The van der Waals surface area contributed by atoms with Crippen LogP contribution < -0.4 is 0 Å². The molecule has 0 N–H and O–H groups in total. The van der Waals surface area contributed by atoms with Crippen LogP contribution in [0, 0.1) is 0 Å². The Bertz CT molecular complexity index is 90.2. The Morgan fingerprint density at radius 1 is 1.78 bits per heavy atom. The van der Waals surface area contributed by atoms with Crippen LogP contribution in [0.2, 0.25) is 0 Å². The standard InChI is InChI=1S/C5H9BrO3/c1-4(7)9-5(3-6)8-2/h5H,3H2,1-2H3. The SMILES string of the molecule is COC(CBr)OC(C)=O. The van der Waals surface area contributed by atoms with Gasteiger partial charge in [-0.25, -0.2) is 0 Å². The smallest absolute Gasteiger partial charge is 0.304 e. The fourth-order valence-electron chi connectivity index (χ4n) is 0.328. The molecule has 9 heavy (non-hydrogen) atoms. The third-order valence-corrected chi connectivity index (χ3v) is 1.21. The van der Waals surface area contributed by atoms with Crippen molar-refractivity contribution in [2.24, 2.45) is 0 Å². The minimum Gasteiger partial charge on any atom is -0.435 e. The van der Waals surface area contributed by atoms with Crippen LogP contribution >= 0.6 is 15.9 Å². The molecule has 0 spiro atoms. The normalized spacial score (nSPS) is 12.8. The topological polar surface area (TPSA) is 35.5 Å². The van der Waals surface area contributed by atoms with Crippen LogP contribution in [0.25, 0.3) is 0 Å². The maximum Gasteiger partial charge on any atom is 0.304 e. The van der Waals surface area contributed by atoms with Gasteiger partial charge in [0.05, 0.1) is 5.33 Å². The van der Waals surface area contributed by atoms with Gasteiger partial charge in [-0.15, -0.1) is 0 Å². The van der Waals surface area contributed by atoms with Crippen molar-refractivity contribution in [1.29, 1.82) is 0 Å². The van der Waals surface area contributed by atoms with Gasteiger partial charge in [0.25, 0.3) is 0 Å². The number of halogens is 1. The van der Waals surface area contributed by atoms with E-state index >= 15 is 0 Å². The Hall–Kier alpha value is -0.0900. The molecule has 0 aromatic rings. The summed E-state index contributed by atoms with van der Waals surface area (Å²) in [6.45, 7) is 1.34. The monoisotopic (exact) mass is 196 g/mol. The largest absolute Gasteiger partial charge is 0.435 e. The number of ether oxygens (including phenoxy) is 2. The number of hydrogen-bond acceptors (Lipinski definition) is 3. The molecule has 0 aliphatic heterocycles. The van der Waals surface area contributed by atoms with Gasteiger partial charge < -0.3 is 9.47 Å². The molecule has 1 unspecified atom stereocenters. The van der Waals surface area contributed by atoms with Crippen LogP contribution in [-0.4, -0.2) is 24.7 Å². The van der Waals surface area contributed by atoms with Gasteiger partial charge in [-0.3, -0.25) is 4.79 Å². The highest BCUT2D eigenvalue weighted by molar-refractivity contribution is 9.09. The van der Waals surface area contributed by atoms with E-state index in [9.17, 15) is 4.79 Å². The van der Waals surface area contributed by atoms with Gasteiger partial charge in [-0.05, 0) is 0 Å². The Labute approximate surface area is 62.5 Å². The second kappa shape index (κ2) is 4.76. The summed E-state index contributed by atoms with van der Waals surface area (Å²) >= 11 is 3.10. The van der Waals surface area contributed by atoms with Crippen LogP contribution in [0.1, 0.15) is 6.92 Å². The van der Waals surface area contributed by atoms with Crippen molar-refractivity contribution in [1.82, 2.24) is 0 Å². The highest BCUT2D eigenvalue weighted by Crippen LogP contribution is 1.97. The van der Waals surface area contributed by atoms with Crippen LogP contribution in [-0.2, 0) is 14.3 Å². The van der Waals surface area contributed by atoms with Crippen molar-refractivity contribution >= 4 is 21.9 Å². The van der Waals surface area contributed by atoms with E-state index < -0.39 is 6.29 Å². The van der Waals surface area contributed by atoms with Gasteiger partial charge in [-0.1, -0.05) is 15.9 Å². The molecular weight excluding hydrogens is 188 g/mol. The molecule has 0 amide bonds. The summed E-state index contributed by atoms with van der Waals surface area (Å²) in [5.41, 5.74) is 0. The Balaban J connectivity index is 3.43. The average Bonchev–Trinajstić information content (AvgIpc) is 1.82. The molecule has 0 aromatic heterocycles. The molecular formula is C5H9BrO3. The third-order valence-electron chi connectivity index (χ3n) is 0.686. The molecule has 1 atom stereocenters. The van der Waals surface area contributed by atoms with Gasteiger partial charge in [0.15, 0.2) is 0 Å².